The molecule has 3 N–H and O–H groups in total. The molecule has 0 amide bonds. The molecule has 104 valence electrons. The maximum atomic E-state index is 5.84. The maximum Gasteiger partial charge on any atom is 0.122 e. The molecule has 20 heavy (non-hydrogen) atoms. The third kappa shape index (κ3) is 2.00. The van der Waals surface area contributed by atoms with Gasteiger partial charge >= 0.3 is 0 Å². The summed E-state index contributed by atoms with van der Waals surface area (Å²) in [6.45, 7) is 0.836. The van der Waals surface area contributed by atoms with Gasteiger partial charge in [-0.2, -0.15) is 0 Å². The van der Waals surface area contributed by atoms with Crippen LogP contribution in [0.2, 0.25) is 0 Å². The van der Waals surface area contributed by atoms with E-state index in [-0.39, 0.29) is 0 Å². The number of ether oxygens (including phenoxy) is 1. The zero-order valence-corrected chi connectivity index (χ0v) is 11.4. The van der Waals surface area contributed by atoms with Crippen LogP contribution in [0.25, 0.3) is 11.3 Å². The van der Waals surface area contributed by atoms with E-state index in [2.05, 4.69) is 28.2 Å². The number of benzene rings is 1. The summed E-state index contributed by atoms with van der Waals surface area (Å²) in [6.07, 6.45) is 6.23. The quantitative estimate of drug-likeness (QED) is 0.880. The highest BCUT2D eigenvalue weighted by Crippen LogP contribution is 2.35. The van der Waals surface area contributed by atoms with Crippen molar-refractivity contribution >= 4 is 0 Å². The van der Waals surface area contributed by atoms with E-state index in [1.807, 2.05) is 6.20 Å². The summed E-state index contributed by atoms with van der Waals surface area (Å²) in [5.74, 6) is 2.63. The topological polar surface area (TPSA) is 63.9 Å². The van der Waals surface area contributed by atoms with Crippen molar-refractivity contribution in [3.63, 3.8) is 0 Å². The molecule has 0 saturated heterocycles. The number of nitrogens with zero attached hydrogens (tertiary/aromatic N) is 1. The number of nitrogens with one attached hydrogen (secondary N) is 1. The van der Waals surface area contributed by atoms with E-state index in [4.69, 9.17) is 10.5 Å². The Hall–Kier alpha value is -1.81. The highest BCUT2D eigenvalue weighted by molar-refractivity contribution is 5.62. The molecule has 0 unspecified atom stereocenters. The Bertz CT molecular complexity index is 628. The molecule has 1 aromatic heterocycles. The Morgan fingerprint density at radius 1 is 1.30 bits per heavy atom. The van der Waals surface area contributed by atoms with E-state index >= 15 is 0 Å². The Balaban J connectivity index is 1.61. The maximum absolute atomic E-state index is 5.84. The molecule has 0 spiro atoms. The van der Waals surface area contributed by atoms with E-state index in [1.54, 1.807) is 0 Å². The van der Waals surface area contributed by atoms with Crippen molar-refractivity contribution in [3.8, 4) is 17.0 Å². The van der Waals surface area contributed by atoms with Crippen molar-refractivity contribution in [2.45, 2.75) is 37.6 Å². The summed E-state index contributed by atoms with van der Waals surface area (Å²) < 4.78 is 5.66. The number of fused-ring (bicyclic) bond motifs is 1. The first kappa shape index (κ1) is 12.0. The molecule has 1 aliphatic heterocycles. The highest BCUT2D eigenvalue weighted by Gasteiger charge is 2.29. The zero-order valence-electron chi connectivity index (χ0n) is 11.4. The molecular formula is C16H19N3O. The zero-order chi connectivity index (χ0) is 13.5. The minimum Gasteiger partial charge on any atom is -0.493 e. The molecule has 2 aliphatic rings. The van der Waals surface area contributed by atoms with Crippen molar-refractivity contribution < 1.29 is 4.74 Å². The van der Waals surface area contributed by atoms with Crippen molar-refractivity contribution in [1.82, 2.24) is 9.97 Å². The molecule has 1 fully saturated rings. The molecule has 0 bridgehead atoms. The van der Waals surface area contributed by atoms with Crippen LogP contribution in [0.1, 0.15) is 36.6 Å². The molecular weight excluding hydrogens is 250 g/mol. The van der Waals surface area contributed by atoms with E-state index in [1.165, 1.54) is 11.1 Å². The average molecular weight is 269 g/mol. The lowest BCUT2D eigenvalue weighted by atomic mass is 9.80. The molecule has 4 rings (SSSR count). The Morgan fingerprint density at radius 3 is 3.05 bits per heavy atom. The van der Waals surface area contributed by atoms with Crippen molar-refractivity contribution in [2.75, 3.05) is 6.61 Å². The van der Waals surface area contributed by atoms with Crippen LogP contribution in [0.5, 0.6) is 5.75 Å². The minimum absolute atomic E-state index is 0.356. The van der Waals surface area contributed by atoms with E-state index < -0.39 is 0 Å². The van der Waals surface area contributed by atoms with Gasteiger partial charge in [-0.05, 0) is 49.4 Å². The number of hydrogen-bond donors (Lipinski definition) is 2. The first-order valence-corrected chi connectivity index (χ1v) is 7.36. The number of hydrogen-bond acceptors (Lipinski definition) is 3. The van der Waals surface area contributed by atoms with Crippen LogP contribution in [0.15, 0.2) is 24.4 Å². The predicted molar refractivity (Wildman–Crippen MR) is 77.8 cm³/mol. The summed E-state index contributed by atoms with van der Waals surface area (Å²) in [4.78, 5) is 7.97. The van der Waals surface area contributed by atoms with Gasteiger partial charge in [0, 0.05) is 17.5 Å². The summed E-state index contributed by atoms with van der Waals surface area (Å²) in [5, 5.41) is 0. The van der Waals surface area contributed by atoms with Crippen LogP contribution in [-0.4, -0.2) is 22.6 Å². The third-order valence-corrected chi connectivity index (χ3v) is 4.38. The molecule has 1 aliphatic carbocycles. The Kier molecular flexibility index (Phi) is 2.77. The number of aromatic amines is 1. The number of H-pyrrole nitrogens is 1. The molecule has 0 radical (unpaired) electrons. The van der Waals surface area contributed by atoms with Crippen LogP contribution < -0.4 is 10.5 Å². The second kappa shape index (κ2) is 4.63. The second-order valence-electron chi connectivity index (χ2n) is 5.89. The standard InChI is InChI=1S/C16H19N3O/c17-13-7-12(8-13)16-18-9-14(19-16)10-3-4-15-11(6-10)2-1-5-20-15/h3-4,6,9,12-13H,1-2,5,7-8,17H2,(H,18,19). The summed E-state index contributed by atoms with van der Waals surface area (Å²) in [5.41, 5.74) is 9.43. The van der Waals surface area contributed by atoms with Crippen LogP contribution >= 0.6 is 0 Å². The summed E-state index contributed by atoms with van der Waals surface area (Å²) >= 11 is 0. The number of nitrogens with two attached hydrogens (primary N) is 1. The van der Waals surface area contributed by atoms with Crippen LogP contribution in [0.3, 0.4) is 0 Å². The van der Waals surface area contributed by atoms with Crippen molar-refractivity contribution in [3.05, 3.63) is 35.8 Å². The van der Waals surface area contributed by atoms with Gasteiger partial charge in [0.25, 0.3) is 0 Å². The van der Waals surface area contributed by atoms with E-state index in [0.29, 0.717) is 12.0 Å². The fourth-order valence-electron chi connectivity index (χ4n) is 3.10. The Morgan fingerprint density at radius 2 is 2.20 bits per heavy atom. The largest absolute Gasteiger partial charge is 0.493 e. The molecule has 1 saturated carbocycles. The summed E-state index contributed by atoms with van der Waals surface area (Å²) in [6, 6.07) is 6.75. The minimum atomic E-state index is 0.356. The fraction of sp³-hybridized carbons (Fsp3) is 0.438. The van der Waals surface area contributed by atoms with Crippen molar-refractivity contribution in [2.24, 2.45) is 5.73 Å². The van der Waals surface area contributed by atoms with Crippen LogP contribution in [0.4, 0.5) is 0 Å². The molecule has 2 heterocycles. The normalized spacial score (nSPS) is 24.6. The predicted octanol–water partition coefficient (Wildman–Crippen LogP) is 2.61. The molecule has 2 aromatic rings. The smallest absolute Gasteiger partial charge is 0.122 e. The van der Waals surface area contributed by atoms with E-state index in [0.717, 1.165) is 49.6 Å². The monoisotopic (exact) mass is 269 g/mol. The third-order valence-electron chi connectivity index (χ3n) is 4.38. The van der Waals surface area contributed by atoms with Gasteiger partial charge in [0.05, 0.1) is 18.5 Å². The number of aromatic nitrogens is 2. The first-order chi connectivity index (χ1) is 9.79. The molecule has 4 nitrogen and oxygen atoms in total. The molecule has 0 atom stereocenters. The average Bonchev–Trinajstić information content (AvgIpc) is 2.93. The van der Waals surface area contributed by atoms with Gasteiger partial charge in [-0.3, -0.25) is 0 Å². The molecule has 4 heteroatoms. The van der Waals surface area contributed by atoms with Gasteiger partial charge in [-0.25, -0.2) is 4.98 Å². The van der Waals surface area contributed by atoms with Gasteiger partial charge in [0.1, 0.15) is 11.6 Å². The van der Waals surface area contributed by atoms with Gasteiger partial charge in [-0.1, -0.05) is 0 Å². The number of rotatable bonds is 2. The first-order valence-electron chi connectivity index (χ1n) is 7.36. The highest BCUT2D eigenvalue weighted by atomic mass is 16.5. The van der Waals surface area contributed by atoms with Crippen molar-refractivity contribution in [1.29, 1.82) is 0 Å². The number of aryl methyl sites for hydroxylation is 1. The van der Waals surface area contributed by atoms with E-state index in [9.17, 15) is 0 Å². The van der Waals surface area contributed by atoms with Crippen LogP contribution in [-0.2, 0) is 6.42 Å². The van der Waals surface area contributed by atoms with Crippen LogP contribution in [0, 0.1) is 0 Å². The second-order valence-corrected chi connectivity index (χ2v) is 5.89. The van der Waals surface area contributed by atoms with Gasteiger partial charge in [-0.15, -0.1) is 0 Å². The lowest BCUT2D eigenvalue weighted by molar-refractivity contribution is 0.288. The van der Waals surface area contributed by atoms with Gasteiger partial charge in [0.15, 0.2) is 0 Å². The lowest BCUT2D eigenvalue weighted by Gasteiger charge is -2.30. The fourth-order valence-corrected chi connectivity index (χ4v) is 3.10. The molecule has 1 aromatic carbocycles. The van der Waals surface area contributed by atoms with Gasteiger partial charge in [0.2, 0.25) is 0 Å². The number of imidazole rings is 1. The Labute approximate surface area is 118 Å². The lowest BCUT2D eigenvalue weighted by Crippen LogP contribution is -2.35. The SMILES string of the molecule is NC1CC(c2ncc(-c3ccc4c(c3)CCCO4)[nH]2)C1. The summed E-state index contributed by atoms with van der Waals surface area (Å²) in [7, 11) is 0. The van der Waals surface area contributed by atoms with Gasteiger partial charge < -0.3 is 15.5 Å².